The Morgan fingerprint density at radius 1 is 1.10 bits per heavy atom. The van der Waals surface area contributed by atoms with Crippen LogP contribution >= 0.6 is 0 Å². The molecule has 1 saturated heterocycles. The highest BCUT2D eigenvalue weighted by atomic mass is 32.2. The van der Waals surface area contributed by atoms with Crippen LogP contribution in [0.25, 0.3) is 0 Å². The van der Waals surface area contributed by atoms with Crippen LogP contribution in [0, 0.1) is 17.7 Å². The fourth-order valence-corrected chi connectivity index (χ4v) is 5.37. The molecule has 0 spiro atoms. The molecule has 29 heavy (non-hydrogen) atoms. The molecular formula is C21H25FN2O4S. The maximum atomic E-state index is 14.3. The van der Waals surface area contributed by atoms with Crippen LogP contribution in [0.5, 0.6) is 5.75 Å². The molecule has 1 amide bonds. The minimum Gasteiger partial charge on any atom is -0.497 e. The third-order valence-electron chi connectivity index (χ3n) is 5.00. The van der Waals surface area contributed by atoms with Crippen LogP contribution in [-0.4, -0.2) is 38.8 Å². The number of nitrogens with one attached hydrogen (secondary N) is 1. The first kappa shape index (κ1) is 21.3. The third kappa shape index (κ3) is 4.76. The number of hydrogen-bond acceptors (Lipinski definition) is 4. The Bertz CT molecular complexity index is 982. The van der Waals surface area contributed by atoms with Crippen molar-refractivity contribution in [2.75, 3.05) is 25.5 Å². The van der Waals surface area contributed by atoms with Crippen LogP contribution in [0.1, 0.15) is 30.6 Å². The number of halogens is 1. The number of anilines is 1. The zero-order valence-electron chi connectivity index (χ0n) is 16.7. The molecule has 156 valence electrons. The lowest BCUT2D eigenvalue weighted by Crippen LogP contribution is -2.42. The quantitative estimate of drug-likeness (QED) is 0.799. The number of nitrogens with zero attached hydrogens (tertiary/aromatic N) is 1. The fraction of sp³-hybridized carbons (Fsp3) is 0.381. The van der Waals surface area contributed by atoms with Gasteiger partial charge in [0.05, 0.1) is 17.6 Å². The van der Waals surface area contributed by atoms with Crippen LogP contribution < -0.4 is 10.1 Å². The minimum atomic E-state index is -3.81. The van der Waals surface area contributed by atoms with Gasteiger partial charge >= 0.3 is 0 Å². The molecule has 0 aromatic heterocycles. The number of rotatable bonds is 5. The van der Waals surface area contributed by atoms with Crippen molar-refractivity contribution < 1.29 is 22.3 Å². The molecule has 0 aliphatic carbocycles. The summed E-state index contributed by atoms with van der Waals surface area (Å²) >= 11 is 0. The molecule has 1 heterocycles. The molecule has 8 heteroatoms. The van der Waals surface area contributed by atoms with Gasteiger partial charge in [0, 0.05) is 18.8 Å². The van der Waals surface area contributed by atoms with Crippen molar-refractivity contribution in [2.24, 2.45) is 11.8 Å². The fourth-order valence-electron chi connectivity index (χ4n) is 3.66. The Hall–Kier alpha value is -2.45. The second-order valence-corrected chi connectivity index (χ2v) is 9.53. The number of carbonyl (C=O) groups excluding carboxylic acids is 1. The van der Waals surface area contributed by atoms with Crippen LogP contribution in [0.15, 0.2) is 47.4 Å². The lowest BCUT2D eigenvalue weighted by molar-refractivity contribution is 0.102. The van der Waals surface area contributed by atoms with Crippen molar-refractivity contribution in [2.45, 2.75) is 25.2 Å². The number of carbonyl (C=O) groups is 1. The molecular weight excluding hydrogens is 395 g/mol. The van der Waals surface area contributed by atoms with Gasteiger partial charge in [-0.3, -0.25) is 4.79 Å². The van der Waals surface area contributed by atoms with Gasteiger partial charge in [-0.05, 0) is 60.7 Å². The summed E-state index contributed by atoms with van der Waals surface area (Å²) in [6.07, 6.45) is 0.963. The summed E-state index contributed by atoms with van der Waals surface area (Å²) in [5.74, 6) is -0.397. The van der Waals surface area contributed by atoms with E-state index in [0.29, 0.717) is 24.5 Å². The standard InChI is InChI=1S/C21H25FN2O4S/c1-14-10-15(2)13-24(12-14)29(26,27)18-8-9-20(22)19(11-18)21(25)23-16-4-6-17(28-3)7-5-16/h4-9,11,14-15H,10,12-13H2,1-3H3,(H,23,25). The zero-order valence-corrected chi connectivity index (χ0v) is 17.5. The molecule has 2 aromatic carbocycles. The summed E-state index contributed by atoms with van der Waals surface area (Å²) in [5, 5.41) is 2.58. The predicted molar refractivity (Wildman–Crippen MR) is 109 cm³/mol. The van der Waals surface area contributed by atoms with Crippen molar-refractivity contribution in [3.05, 3.63) is 53.8 Å². The first-order chi connectivity index (χ1) is 13.7. The molecule has 6 nitrogen and oxygen atoms in total. The van der Waals surface area contributed by atoms with Gasteiger partial charge in [-0.2, -0.15) is 4.31 Å². The summed E-state index contributed by atoms with van der Waals surface area (Å²) in [4.78, 5) is 12.5. The summed E-state index contributed by atoms with van der Waals surface area (Å²) in [6, 6.07) is 9.88. The zero-order chi connectivity index (χ0) is 21.2. The maximum Gasteiger partial charge on any atom is 0.258 e. The number of methoxy groups -OCH3 is 1. The summed E-state index contributed by atoms with van der Waals surface area (Å²) in [5.41, 5.74) is 0.127. The number of ether oxygens (including phenoxy) is 1. The van der Waals surface area contributed by atoms with E-state index in [9.17, 15) is 17.6 Å². The third-order valence-corrected chi connectivity index (χ3v) is 6.83. The van der Waals surface area contributed by atoms with Crippen molar-refractivity contribution >= 4 is 21.6 Å². The first-order valence-corrected chi connectivity index (χ1v) is 10.9. The molecule has 2 atom stereocenters. The molecule has 2 unspecified atom stereocenters. The molecule has 1 aliphatic rings. The molecule has 1 fully saturated rings. The van der Waals surface area contributed by atoms with E-state index in [0.717, 1.165) is 18.6 Å². The first-order valence-electron chi connectivity index (χ1n) is 9.46. The molecule has 0 bridgehead atoms. The number of benzene rings is 2. The smallest absolute Gasteiger partial charge is 0.258 e. The predicted octanol–water partition coefficient (Wildman–Crippen LogP) is 3.75. The number of hydrogen-bond donors (Lipinski definition) is 1. The average molecular weight is 421 g/mol. The molecule has 1 N–H and O–H groups in total. The Kier molecular flexibility index (Phi) is 6.24. The Morgan fingerprint density at radius 3 is 2.31 bits per heavy atom. The topological polar surface area (TPSA) is 75.7 Å². The highest BCUT2D eigenvalue weighted by Crippen LogP contribution is 2.28. The molecule has 0 saturated carbocycles. The van der Waals surface area contributed by atoms with Gasteiger partial charge < -0.3 is 10.1 Å². The van der Waals surface area contributed by atoms with Gasteiger partial charge in [0.15, 0.2) is 0 Å². The lowest BCUT2D eigenvalue weighted by atomic mass is 9.94. The van der Waals surface area contributed by atoms with Gasteiger partial charge in [0.2, 0.25) is 10.0 Å². The maximum absolute atomic E-state index is 14.3. The lowest BCUT2D eigenvalue weighted by Gasteiger charge is -2.34. The van der Waals surface area contributed by atoms with E-state index in [1.54, 1.807) is 24.3 Å². The second-order valence-electron chi connectivity index (χ2n) is 7.59. The van der Waals surface area contributed by atoms with E-state index in [2.05, 4.69) is 5.32 Å². The van der Waals surface area contributed by atoms with Crippen molar-refractivity contribution in [1.29, 1.82) is 0 Å². The monoisotopic (exact) mass is 420 g/mol. The van der Waals surface area contributed by atoms with Gasteiger partial charge in [0.25, 0.3) is 5.91 Å². The van der Waals surface area contributed by atoms with E-state index in [-0.39, 0.29) is 22.3 Å². The van der Waals surface area contributed by atoms with Crippen LogP contribution in [-0.2, 0) is 10.0 Å². The number of amides is 1. The highest BCUT2D eigenvalue weighted by molar-refractivity contribution is 7.89. The Morgan fingerprint density at radius 2 is 1.72 bits per heavy atom. The SMILES string of the molecule is COc1ccc(NC(=O)c2cc(S(=O)(=O)N3CC(C)CC(C)C3)ccc2F)cc1. The molecule has 1 aliphatic heterocycles. The Labute approximate surface area is 170 Å². The van der Waals surface area contributed by atoms with Crippen molar-refractivity contribution in [3.8, 4) is 5.75 Å². The largest absolute Gasteiger partial charge is 0.497 e. The van der Waals surface area contributed by atoms with E-state index >= 15 is 0 Å². The van der Waals surface area contributed by atoms with Crippen LogP contribution in [0.3, 0.4) is 0 Å². The molecule has 3 rings (SSSR count). The number of sulfonamides is 1. The average Bonchev–Trinajstić information content (AvgIpc) is 2.68. The second kappa shape index (κ2) is 8.51. The van der Waals surface area contributed by atoms with Gasteiger partial charge in [-0.1, -0.05) is 13.8 Å². The normalized spacial score (nSPS) is 20.3. The van der Waals surface area contributed by atoms with Crippen molar-refractivity contribution in [1.82, 2.24) is 4.31 Å². The summed E-state index contributed by atoms with van der Waals surface area (Å²) < 4.78 is 46.9. The van der Waals surface area contributed by atoms with E-state index in [1.807, 2.05) is 13.8 Å². The van der Waals surface area contributed by atoms with Gasteiger partial charge in [0.1, 0.15) is 11.6 Å². The van der Waals surface area contributed by atoms with E-state index in [4.69, 9.17) is 4.74 Å². The van der Waals surface area contributed by atoms with Gasteiger partial charge in [-0.25, -0.2) is 12.8 Å². The van der Waals surface area contributed by atoms with Crippen LogP contribution in [0.4, 0.5) is 10.1 Å². The molecule has 0 radical (unpaired) electrons. The van der Waals surface area contributed by atoms with E-state index in [1.165, 1.54) is 17.5 Å². The molecule has 2 aromatic rings. The summed E-state index contributed by atoms with van der Waals surface area (Å²) in [7, 11) is -2.29. The van der Waals surface area contributed by atoms with Crippen LogP contribution in [0.2, 0.25) is 0 Å². The summed E-state index contributed by atoms with van der Waals surface area (Å²) in [6.45, 7) is 4.85. The van der Waals surface area contributed by atoms with Gasteiger partial charge in [-0.15, -0.1) is 0 Å². The van der Waals surface area contributed by atoms with Crippen molar-refractivity contribution in [3.63, 3.8) is 0 Å². The highest BCUT2D eigenvalue weighted by Gasteiger charge is 2.32. The van der Waals surface area contributed by atoms with E-state index < -0.39 is 21.7 Å². The number of piperidine rings is 1. The Balaban J connectivity index is 1.85. The minimum absolute atomic E-state index is 0.0833.